The van der Waals surface area contributed by atoms with Crippen LogP contribution in [0.3, 0.4) is 0 Å². The number of nitrogens with one attached hydrogen (secondary N) is 3. The number of carbonyl (C=O) groups excluding carboxylic acids is 3. The second-order valence-corrected chi connectivity index (χ2v) is 4.82. The second kappa shape index (κ2) is 8.01. The summed E-state index contributed by atoms with van der Waals surface area (Å²) in [5.74, 6) is -0.965. The van der Waals surface area contributed by atoms with Gasteiger partial charge in [0.1, 0.15) is 0 Å². The van der Waals surface area contributed by atoms with Crippen molar-refractivity contribution < 1.29 is 14.4 Å². The summed E-state index contributed by atoms with van der Waals surface area (Å²) in [7, 11) is 1.64. The molecule has 1 aromatic rings. The molecule has 0 bridgehead atoms. The quantitative estimate of drug-likeness (QED) is 0.668. The van der Waals surface area contributed by atoms with E-state index < -0.39 is 5.91 Å². The third kappa shape index (κ3) is 7.07. The Morgan fingerprint density at radius 1 is 1.00 bits per heavy atom. The molecule has 0 saturated carbocycles. The first-order chi connectivity index (χ1) is 9.86. The van der Waals surface area contributed by atoms with Gasteiger partial charge in [0, 0.05) is 12.6 Å². The fourth-order valence-corrected chi connectivity index (χ4v) is 1.58. The molecule has 3 amide bonds. The average Bonchev–Trinajstić information content (AvgIpc) is 2.38. The second-order valence-electron chi connectivity index (χ2n) is 4.82. The largest absolute Gasteiger partial charge is 0.325 e. The molecule has 0 aromatic heterocycles. The van der Waals surface area contributed by atoms with Crippen LogP contribution in [-0.2, 0) is 14.4 Å². The van der Waals surface area contributed by atoms with Crippen molar-refractivity contribution in [3.05, 3.63) is 29.8 Å². The summed E-state index contributed by atoms with van der Waals surface area (Å²) < 4.78 is 0. The van der Waals surface area contributed by atoms with Crippen molar-refractivity contribution in [2.75, 3.05) is 25.5 Å². The highest BCUT2D eigenvalue weighted by atomic mass is 16.2. The molecule has 0 atom stereocenters. The Kier molecular flexibility index (Phi) is 6.35. The molecule has 7 heteroatoms. The number of amides is 3. The van der Waals surface area contributed by atoms with Gasteiger partial charge in [0.2, 0.25) is 11.8 Å². The van der Waals surface area contributed by atoms with Crippen molar-refractivity contribution in [3.8, 4) is 0 Å². The van der Waals surface area contributed by atoms with Crippen molar-refractivity contribution >= 4 is 23.4 Å². The maximum Gasteiger partial charge on any atom is 0.252 e. The van der Waals surface area contributed by atoms with Gasteiger partial charge < -0.3 is 5.32 Å². The first-order valence-electron chi connectivity index (χ1n) is 6.47. The van der Waals surface area contributed by atoms with Crippen LogP contribution in [0.5, 0.6) is 0 Å². The predicted octanol–water partition coefficient (Wildman–Crippen LogP) is 0.0326. The van der Waals surface area contributed by atoms with Crippen LogP contribution < -0.4 is 16.2 Å². The van der Waals surface area contributed by atoms with Gasteiger partial charge in [0.25, 0.3) is 5.91 Å². The van der Waals surface area contributed by atoms with Crippen LogP contribution in [0, 0.1) is 6.92 Å². The minimum atomic E-state index is -0.393. The number of hydrazine groups is 1. The molecule has 0 unspecified atom stereocenters. The monoisotopic (exact) mass is 292 g/mol. The SMILES string of the molecule is CC(=O)NNC(=O)CN(C)CC(=O)Nc1ccc(C)cc1. The number of carbonyl (C=O) groups is 3. The number of hydrogen-bond acceptors (Lipinski definition) is 4. The Balaban J connectivity index is 2.34. The van der Waals surface area contributed by atoms with E-state index in [1.807, 2.05) is 31.2 Å². The molecule has 114 valence electrons. The van der Waals surface area contributed by atoms with Crippen molar-refractivity contribution in [1.29, 1.82) is 0 Å². The van der Waals surface area contributed by atoms with E-state index in [4.69, 9.17) is 0 Å². The van der Waals surface area contributed by atoms with E-state index in [1.54, 1.807) is 11.9 Å². The first kappa shape index (κ1) is 16.6. The number of benzene rings is 1. The molecule has 21 heavy (non-hydrogen) atoms. The van der Waals surface area contributed by atoms with Crippen LogP contribution in [0.1, 0.15) is 12.5 Å². The number of rotatable bonds is 5. The standard InChI is InChI=1S/C14H20N4O3/c1-10-4-6-12(7-5-10)15-13(20)8-18(3)9-14(21)17-16-11(2)19/h4-7H,8-9H2,1-3H3,(H,15,20)(H,16,19)(H,17,21). The number of hydrogen-bond donors (Lipinski definition) is 3. The van der Waals surface area contributed by atoms with E-state index in [-0.39, 0.29) is 24.9 Å². The van der Waals surface area contributed by atoms with Crippen LogP contribution in [0.4, 0.5) is 5.69 Å². The number of nitrogens with zero attached hydrogens (tertiary/aromatic N) is 1. The van der Waals surface area contributed by atoms with E-state index in [2.05, 4.69) is 16.2 Å². The minimum absolute atomic E-state index is 0.00159. The third-order valence-electron chi connectivity index (χ3n) is 2.54. The number of likely N-dealkylation sites (N-methyl/N-ethyl adjacent to an activating group) is 1. The fraction of sp³-hybridized carbons (Fsp3) is 0.357. The molecule has 0 aliphatic carbocycles. The number of aryl methyl sites for hydroxylation is 1. The molecule has 0 saturated heterocycles. The maximum atomic E-state index is 11.8. The van der Waals surface area contributed by atoms with Gasteiger partial charge in [-0.25, -0.2) is 0 Å². The average molecular weight is 292 g/mol. The number of anilines is 1. The Labute approximate surface area is 123 Å². The van der Waals surface area contributed by atoms with Gasteiger partial charge in [-0.1, -0.05) is 17.7 Å². The third-order valence-corrected chi connectivity index (χ3v) is 2.54. The van der Waals surface area contributed by atoms with Crippen molar-refractivity contribution in [1.82, 2.24) is 15.8 Å². The molecule has 0 aliphatic heterocycles. The van der Waals surface area contributed by atoms with Crippen LogP contribution in [0.15, 0.2) is 24.3 Å². The minimum Gasteiger partial charge on any atom is -0.325 e. The summed E-state index contributed by atoms with van der Waals surface area (Å²) >= 11 is 0. The summed E-state index contributed by atoms with van der Waals surface area (Å²) in [6, 6.07) is 7.44. The Bertz CT molecular complexity index is 513. The highest BCUT2D eigenvalue weighted by Gasteiger charge is 2.11. The molecule has 3 N–H and O–H groups in total. The fourth-order valence-electron chi connectivity index (χ4n) is 1.58. The zero-order valence-corrected chi connectivity index (χ0v) is 12.4. The van der Waals surface area contributed by atoms with Gasteiger partial charge >= 0.3 is 0 Å². The topological polar surface area (TPSA) is 90.5 Å². The molecule has 0 fully saturated rings. The smallest absolute Gasteiger partial charge is 0.252 e. The summed E-state index contributed by atoms with van der Waals surface area (Å²) in [6.07, 6.45) is 0. The normalized spacial score (nSPS) is 10.1. The van der Waals surface area contributed by atoms with Gasteiger partial charge in [-0.15, -0.1) is 0 Å². The van der Waals surface area contributed by atoms with Crippen LogP contribution >= 0.6 is 0 Å². The first-order valence-corrected chi connectivity index (χ1v) is 6.47. The molecule has 0 radical (unpaired) electrons. The summed E-state index contributed by atoms with van der Waals surface area (Å²) in [4.78, 5) is 35.4. The molecule has 1 aromatic carbocycles. The zero-order valence-electron chi connectivity index (χ0n) is 12.4. The van der Waals surface area contributed by atoms with Crippen LogP contribution in [0.2, 0.25) is 0 Å². The van der Waals surface area contributed by atoms with E-state index in [0.29, 0.717) is 5.69 Å². The molecule has 7 nitrogen and oxygen atoms in total. The van der Waals surface area contributed by atoms with E-state index >= 15 is 0 Å². The van der Waals surface area contributed by atoms with Crippen molar-refractivity contribution in [2.45, 2.75) is 13.8 Å². The molecular formula is C14H20N4O3. The van der Waals surface area contributed by atoms with Crippen molar-refractivity contribution in [3.63, 3.8) is 0 Å². The van der Waals surface area contributed by atoms with Crippen LogP contribution in [0.25, 0.3) is 0 Å². The summed E-state index contributed by atoms with van der Waals surface area (Å²) in [5, 5.41) is 2.74. The molecule has 0 aliphatic rings. The lowest BCUT2D eigenvalue weighted by molar-refractivity contribution is -0.128. The molecular weight excluding hydrogens is 272 g/mol. The predicted molar refractivity (Wildman–Crippen MR) is 79.3 cm³/mol. The molecule has 0 heterocycles. The highest BCUT2D eigenvalue weighted by Crippen LogP contribution is 2.08. The van der Waals surface area contributed by atoms with Crippen LogP contribution in [-0.4, -0.2) is 42.8 Å². The lowest BCUT2D eigenvalue weighted by atomic mass is 10.2. The zero-order chi connectivity index (χ0) is 15.8. The van der Waals surface area contributed by atoms with Crippen molar-refractivity contribution in [2.24, 2.45) is 0 Å². The van der Waals surface area contributed by atoms with E-state index in [9.17, 15) is 14.4 Å². The highest BCUT2D eigenvalue weighted by molar-refractivity contribution is 5.92. The summed E-state index contributed by atoms with van der Waals surface area (Å²) in [6.45, 7) is 3.33. The van der Waals surface area contributed by atoms with Gasteiger partial charge in [-0.3, -0.25) is 30.1 Å². The van der Waals surface area contributed by atoms with Gasteiger partial charge in [0.05, 0.1) is 13.1 Å². The van der Waals surface area contributed by atoms with Gasteiger partial charge in [0.15, 0.2) is 0 Å². The Morgan fingerprint density at radius 2 is 1.57 bits per heavy atom. The van der Waals surface area contributed by atoms with E-state index in [1.165, 1.54) is 6.92 Å². The lowest BCUT2D eigenvalue weighted by Crippen LogP contribution is -2.46. The van der Waals surface area contributed by atoms with E-state index in [0.717, 1.165) is 5.56 Å². The lowest BCUT2D eigenvalue weighted by Gasteiger charge is -2.16. The molecule has 0 spiro atoms. The Morgan fingerprint density at radius 3 is 2.14 bits per heavy atom. The van der Waals surface area contributed by atoms with Gasteiger partial charge in [-0.2, -0.15) is 0 Å². The Hall–Kier alpha value is -2.41. The van der Waals surface area contributed by atoms with Gasteiger partial charge in [-0.05, 0) is 26.1 Å². The maximum absolute atomic E-state index is 11.8. The summed E-state index contributed by atoms with van der Waals surface area (Å²) in [5.41, 5.74) is 6.23. The molecule has 1 rings (SSSR count).